The smallest absolute Gasteiger partial charge is 0.256 e. The Morgan fingerprint density at radius 2 is 1.95 bits per heavy atom. The Morgan fingerprint density at radius 1 is 1.29 bits per heavy atom. The minimum Gasteiger partial charge on any atom is -0.494 e. The molecule has 0 aliphatic carbocycles. The quantitative estimate of drug-likeness (QED) is 0.933. The zero-order chi connectivity index (χ0) is 15.5. The number of ether oxygens (including phenoxy) is 1. The van der Waals surface area contributed by atoms with Crippen molar-refractivity contribution in [2.75, 3.05) is 11.9 Å². The molecule has 1 aromatic heterocycles. The molecule has 21 heavy (non-hydrogen) atoms. The summed E-state index contributed by atoms with van der Waals surface area (Å²) < 4.78 is 10.6. The van der Waals surface area contributed by atoms with Gasteiger partial charge in [-0.25, -0.2) is 0 Å². The fourth-order valence-corrected chi connectivity index (χ4v) is 1.75. The largest absolute Gasteiger partial charge is 0.494 e. The van der Waals surface area contributed by atoms with Gasteiger partial charge in [-0.1, -0.05) is 25.9 Å². The number of benzene rings is 1. The van der Waals surface area contributed by atoms with Crippen LogP contribution >= 0.6 is 0 Å². The normalized spacial score (nSPS) is 11.2. The third kappa shape index (κ3) is 3.84. The number of carbonyl (C=O) groups is 1. The van der Waals surface area contributed by atoms with Gasteiger partial charge in [-0.05, 0) is 31.2 Å². The summed E-state index contributed by atoms with van der Waals surface area (Å²) in [6.07, 6.45) is 0. The van der Waals surface area contributed by atoms with E-state index in [4.69, 9.17) is 9.26 Å². The molecule has 1 N–H and O–H groups in total. The van der Waals surface area contributed by atoms with Crippen LogP contribution in [0, 0.1) is 0 Å². The molecular weight excluding hydrogens is 268 g/mol. The lowest BCUT2D eigenvalue weighted by atomic mass is 9.93. The van der Waals surface area contributed by atoms with Gasteiger partial charge in [-0.3, -0.25) is 4.79 Å². The summed E-state index contributed by atoms with van der Waals surface area (Å²) >= 11 is 0. The average molecular weight is 288 g/mol. The summed E-state index contributed by atoms with van der Waals surface area (Å²) in [5.41, 5.74) is 0.397. The molecule has 0 spiro atoms. The molecule has 5 heteroatoms. The maximum Gasteiger partial charge on any atom is 0.256 e. The van der Waals surface area contributed by atoms with E-state index in [0.29, 0.717) is 18.0 Å². The highest BCUT2D eigenvalue weighted by Crippen LogP contribution is 2.24. The first-order valence-corrected chi connectivity index (χ1v) is 6.91. The molecule has 1 heterocycles. The number of carbonyl (C=O) groups excluding carboxylic acids is 1. The Morgan fingerprint density at radius 3 is 2.48 bits per heavy atom. The van der Waals surface area contributed by atoms with Crippen LogP contribution in [-0.4, -0.2) is 17.7 Å². The van der Waals surface area contributed by atoms with Crippen molar-refractivity contribution < 1.29 is 14.1 Å². The number of hydrogen-bond acceptors (Lipinski definition) is 4. The lowest BCUT2D eigenvalue weighted by Crippen LogP contribution is -2.12. The van der Waals surface area contributed by atoms with E-state index in [9.17, 15) is 4.79 Å². The van der Waals surface area contributed by atoms with E-state index in [1.54, 1.807) is 30.3 Å². The molecule has 0 atom stereocenters. The van der Waals surface area contributed by atoms with Crippen LogP contribution in [0.2, 0.25) is 0 Å². The van der Waals surface area contributed by atoms with Crippen LogP contribution in [0.4, 0.5) is 5.82 Å². The summed E-state index contributed by atoms with van der Waals surface area (Å²) in [5.74, 6) is 1.65. The zero-order valence-corrected chi connectivity index (χ0v) is 12.8. The van der Waals surface area contributed by atoms with Gasteiger partial charge in [0.2, 0.25) is 0 Å². The number of rotatable bonds is 4. The minimum absolute atomic E-state index is 0.144. The highest BCUT2D eigenvalue weighted by atomic mass is 16.5. The van der Waals surface area contributed by atoms with Gasteiger partial charge in [-0.2, -0.15) is 0 Å². The van der Waals surface area contributed by atoms with Crippen LogP contribution in [0.15, 0.2) is 34.9 Å². The Bertz CT molecular complexity index is 609. The lowest BCUT2D eigenvalue weighted by molar-refractivity contribution is 0.102. The molecule has 0 aliphatic rings. The monoisotopic (exact) mass is 288 g/mol. The first-order valence-electron chi connectivity index (χ1n) is 6.91. The van der Waals surface area contributed by atoms with Crippen LogP contribution in [0.5, 0.6) is 5.75 Å². The molecule has 0 radical (unpaired) electrons. The van der Waals surface area contributed by atoms with Crippen molar-refractivity contribution in [3.05, 3.63) is 41.7 Å². The zero-order valence-electron chi connectivity index (χ0n) is 12.8. The number of nitrogens with zero attached hydrogens (tertiary/aromatic N) is 1. The van der Waals surface area contributed by atoms with Crippen molar-refractivity contribution >= 4 is 11.7 Å². The first-order chi connectivity index (χ1) is 9.90. The fraction of sp³-hybridized carbons (Fsp3) is 0.375. The Kier molecular flexibility index (Phi) is 4.31. The van der Waals surface area contributed by atoms with Crippen LogP contribution < -0.4 is 10.1 Å². The van der Waals surface area contributed by atoms with Crippen molar-refractivity contribution in [3.8, 4) is 5.75 Å². The van der Waals surface area contributed by atoms with Gasteiger partial charge < -0.3 is 14.6 Å². The molecule has 0 saturated carbocycles. The van der Waals surface area contributed by atoms with Crippen molar-refractivity contribution in [2.45, 2.75) is 33.1 Å². The summed E-state index contributed by atoms with van der Waals surface area (Å²) in [4.78, 5) is 12.1. The minimum atomic E-state index is -0.230. The van der Waals surface area contributed by atoms with E-state index in [1.165, 1.54) is 0 Å². The Hall–Kier alpha value is -2.30. The second-order valence-electron chi connectivity index (χ2n) is 5.74. The number of anilines is 1. The highest BCUT2D eigenvalue weighted by molar-refractivity contribution is 6.03. The van der Waals surface area contributed by atoms with E-state index < -0.39 is 0 Å². The molecule has 0 bridgehead atoms. The summed E-state index contributed by atoms with van der Waals surface area (Å²) in [6, 6.07) is 8.70. The number of nitrogens with one attached hydrogen (secondary N) is 1. The standard InChI is InChI=1S/C16H20N2O3/c1-5-20-12-8-6-11(7-9-12)15(19)17-14-10-13(21-18-14)16(2,3)4/h6-10H,5H2,1-4H3,(H,17,18,19). The fourth-order valence-electron chi connectivity index (χ4n) is 1.75. The second-order valence-corrected chi connectivity index (χ2v) is 5.74. The van der Waals surface area contributed by atoms with Crippen LogP contribution in [0.1, 0.15) is 43.8 Å². The van der Waals surface area contributed by atoms with Gasteiger partial charge in [0, 0.05) is 17.0 Å². The molecule has 2 rings (SSSR count). The van der Waals surface area contributed by atoms with Gasteiger partial charge in [-0.15, -0.1) is 0 Å². The maximum absolute atomic E-state index is 12.1. The third-order valence-electron chi connectivity index (χ3n) is 2.92. The van der Waals surface area contributed by atoms with E-state index >= 15 is 0 Å². The molecular formula is C16H20N2O3. The number of hydrogen-bond donors (Lipinski definition) is 1. The molecule has 5 nitrogen and oxygen atoms in total. The predicted octanol–water partition coefficient (Wildman–Crippen LogP) is 3.62. The van der Waals surface area contributed by atoms with E-state index in [0.717, 1.165) is 11.5 Å². The van der Waals surface area contributed by atoms with E-state index in [-0.39, 0.29) is 11.3 Å². The average Bonchev–Trinajstić information content (AvgIpc) is 2.88. The summed E-state index contributed by atoms with van der Waals surface area (Å²) in [7, 11) is 0. The van der Waals surface area contributed by atoms with E-state index in [1.807, 2.05) is 27.7 Å². The van der Waals surface area contributed by atoms with Gasteiger partial charge >= 0.3 is 0 Å². The molecule has 112 valence electrons. The van der Waals surface area contributed by atoms with Gasteiger partial charge in [0.05, 0.1) is 6.61 Å². The van der Waals surface area contributed by atoms with Gasteiger partial charge in [0.1, 0.15) is 11.5 Å². The second kappa shape index (κ2) is 5.99. The molecule has 1 amide bonds. The Balaban J connectivity index is 2.05. The molecule has 0 saturated heterocycles. The number of aromatic nitrogens is 1. The summed E-state index contributed by atoms with van der Waals surface area (Å²) in [6.45, 7) is 8.57. The van der Waals surface area contributed by atoms with Gasteiger partial charge in [0.25, 0.3) is 5.91 Å². The predicted molar refractivity (Wildman–Crippen MR) is 80.8 cm³/mol. The van der Waals surface area contributed by atoms with Crippen LogP contribution in [-0.2, 0) is 5.41 Å². The van der Waals surface area contributed by atoms with Crippen LogP contribution in [0.3, 0.4) is 0 Å². The molecule has 0 fully saturated rings. The Labute approximate surface area is 124 Å². The first kappa shape index (κ1) is 15.1. The maximum atomic E-state index is 12.1. The van der Waals surface area contributed by atoms with Crippen molar-refractivity contribution in [1.82, 2.24) is 5.16 Å². The van der Waals surface area contributed by atoms with Crippen molar-refractivity contribution in [2.24, 2.45) is 0 Å². The van der Waals surface area contributed by atoms with Crippen molar-refractivity contribution in [1.29, 1.82) is 0 Å². The van der Waals surface area contributed by atoms with Gasteiger partial charge in [0.15, 0.2) is 5.82 Å². The molecule has 2 aromatic rings. The SMILES string of the molecule is CCOc1ccc(C(=O)Nc2cc(C(C)(C)C)on2)cc1. The van der Waals surface area contributed by atoms with E-state index in [2.05, 4.69) is 10.5 Å². The lowest BCUT2D eigenvalue weighted by Gasteiger charge is -2.12. The third-order valence-corrected chi connectivity index (χ3v) is 2.92. The van der Waals surface area contributed by atoms with Crippen molar-refractivity contribution in [3.63, 3.8) is 0 Å². The molecule has 0 unspecified atom stereocenters. The van der Waals surface area contributed by atoms with Crippen LogP contribution in [0.25, 0.3) is 0 Å². The highest BCUT2D eigenvalue weighted by Gasteiger charge is 2.20. The number of amides is 1. The summed E-state index contributed by atoms with van der Waals surface area (Å²) in [5, 5.41) is 6.58. The molecule has 1 aromatic carbocycles. The molecule has 0 aliphatic heterocycles. The topological polar surface area (TPSA) is 64.4 Å².